The second-order valence-electron chi connectivity index (χ2n) is 6.11. The molecule has 0 bridgehead atoms. The van der Waals surface area contributed by atoms with E-state index in [0.717, 1.165) is 22.5 Å². The minimum absolute atomic E-state index is 0.141. The summed E-state index contributed by atoms with van der Waals surface area (Å²) in [5.41, 5.74) is 4.44. The van der Waals surface area contributed by atoms with Crippen molar-refractivity contribution in [3.05, 3.63) is 53.3 Å². The molecule has 5 nitrogen and oxygen atoms in total. The molecule has 0 radical (unpaired) electrons. The average Bonchev–Trinajstić information content (AvgIpc) is 2.84. The zero-order valence-corrected chi connectivity index (χ0v) is 13.8. The van der Waals surface area contributed by atoms with Crippen molar-refractivity contribution in [2.75, 3.05) is 0 Å². The molecule has 3 rings (SSSR count). The minimum atomic E-state index is 0.141. The van der Waals surface area contributed by atoms with Crippen molar-refractivity contribution in [2.24, 2.45) is 10.2 Å². The lowest BCUT2D eigenvalue weighted by atomic mass is 10.1. The normalized spacial score (nSPS) is 11.9. The van der Waals surface area contributed by atoms with Crippen LogP contribution in [0.2, 0.25) is 0 Å². The van der Waals surface area contributed by atoms with E-state index < -0.39 is 0 Å². The van der Waals surface area contributed by atoms with Crippen LogP contribution in [-0.2, 0) is 0 Å². The van der Waals surface area contributed by atoms with Crippen LogP contribution >= 0.6 is 0 Å². The molecule has 1 aromatic carbocycles. The topological polar surface area (TPSA) is 62.2 Å². The number of pyridine rings is 1. The second-order valence-corrected chi connectivity index (χ2v) is 6.11. The zero-order valence-electron chi connectivity index (χ0n) is 13.8. The van der Waals surface area contributed by atoms with Crippen LogP contribution in [-0.4, -0.2) is 14.5 Å². The molecule has 0 atom stereocenters. The largest absolute Gasteiger partial charge is 0.504 e. The molecule has 0 amide bonds. The van der Waals surface area contributed by atoms with E-state index >= 15 is 0 Å². The molecule has 2 aromatic heterocycles. The number of rotatable bonds is 3. The molecule has 118 valence electrons. The first-order valence-corrected chi connectivity index (χ1v) is 7.65. The number of aromatic nitrogens is 2. The molecule has 0 saturated carbocycles. The summed E-state index contributed by atoms with van der Waals surface area (Å²) < 4.78 is 1.77. The fourth-order valence-corrected chi connectivity index (χ4v) is 2.66. The molecular formula is C18H20N4O. The Labute approximate surface area is 135 Å². The lowest BCUT2D eigenvalue weighted by Gasteiger charge is -2.02. The Balaban J connectivity index is 2.13. The number of nitrogens with zero attached hydrogens (tertiary/aromatic N) is 4. The highest BCUT2D eigenvalue weighted by Gasteiger charge is 2.16. The van der Waals surface area contributed by atoms with Crippen LogP contribution in [0.25, 0.3) is 5.65 Å². The molecule has 1 N–H and O–H groups in total. The van der Waals surface area contributed by atoms with E-state index in [-0.39, 0.29) is 11.7 Å². The van der Waals surface area contributed by atoms with Gasteiger partial charge in [-0.1, -0.05) is 19.9 Å². The summed E-state index contributed by atoms with van der Waals surface area (Å²) in [7, 11) is 0. The summed E-state index contributed by atoms with van der Waals surface area (Å²) >= 11 is 0. The van der Waals surface area contributed by atoms with E-state index in [1.54, 1.807) is 16.5 Å². The molecule has 0 fully saturated rings. The first-order chi connectivity index (χ1) is 11.0. The Morgan fingerprint density at radius 2 is 1.78 bits per heavy atom. The summed E-state index contributed by atoms with van der Waals surface area (Å²) in [4.78, 5) is 4.52. The SMILES string of the molecule is Cc1cc(C)cc(N=Nc2c(C(C)C)nc3c(O)cccn23)c1. The second kappa shape index (κ2) is 5.83. The summed E-state index contributed by atoms with van der Waals surface area (Å²) in [5, 5.41) is 18.8. The van der Waals surface area contributed by atoms with Crippen LogP contribution in [0.1, 0.15) is 36.6 Å². The molecule has 23 heavy (non-hydrogen) atoms. The quantitative estimate of drug-likeness (QED) is 0.676. The Kier molecular flexibility index (Phi) is 3.86. The number of aryl methyl sites for hydroxylation is 2. The highest BCUT2D eigenvalue weighted by atomic mass is 16.3. The molecule has 0 aliphatic heterocycles. The van der Waals surface area contributed by atoms with Crippen molar-refractivity contribution in [3.8, 4) is 5.75 Å². The Hall–Kier alpha value is -2.69. The molecule has 0 aliphatic rings. The maximum atomic E-state index is 9.99. The van der Waals surface area contributed by atoms with Gasteiger partial charge in [-0.3, -0.25) is 4.40 Å². The predicted octanol–water partition coefficient (Wildman–Crippen LogP) is 5.20. The summed E-state index contributed by atoms with van der Waals surface area (Å²) in [6, 6.07) is 9.48. The van der Waals surface area contributed by atoms with Gasteiger partial charge in [0.15, 0.2) is 17.2 Å². The number of imidazole rings is 1. The van der Waals surface area contributed by atoms with Crippen molar-refractivity contribution in [3.63, 3.8) is 0 Å². The van der Waals surface area contributed by atoms with Gasteiger partial charge in [-0.15, -0.1) is 10.2 Å². The minimum Gasteiger partial charge on any atom is -0.504 e. The van der Waals surface area contributed by atoms with Gasteiger partial charge in [0.25, 0.3) is 0 Å². The Bertz CT molecular complexity index is 873. The van der Waals surface area contributed by atoms with E-state index in [0.29, 0.717) is 11.5 Å². The summed E-state index contributed by atoms with van der Waals surface area (Å²) in [5.74, 6) is 0.981. The number of hydrogen-bond acceptors (Lipinski definition) is 4. The third-order valence-corrected chi connectivity index (χ3v) is 3.64. The lowest BCUT2D eigenvalue weighted by molar-refractivity contribution is 0.477. The number of benzene rings is 1. The first-order valence-electron chi connectivity index (χ1n) is 7.65. The molecule has 0 unspecified atom stereocenters. The van der Waals surface area contributed by atoms with Gasteiger partial charge < -0.3 is 5.11 Å². The summed E-state index contributed by atoms with van der Waals surface area (Å²) in [6.07, 6.45) is 1.84. The molecule has 3 aromatic rings. The van der Waals surface area contributed by atoms with E-state index in [2.05, 4.69) is 35.1 Å². The highest BCUT2D eigenvalue weighted by Crippen LogP contribution is 2.32. The zero-order chi connectivity index (χ0) is 16.6. The van der Waals surface area contributed by atoms with Gasteiger partial charge in [0.2, 0.25) is 0 Å². The van der Waals surface area contributed by atoms with Crippen molar-refractivity contribution in [1.29, 1.82) is 0 Å². The van der Waals surface area contributed by atoms with Crippen LogP contribution in [0.4, 0.5) is 11.5 Å². The third-order valence-electron chi connectivity index (χ3n) is 3.64. The van der Waals surface area contributed by atoms with Crippen molar-refractivity contribution < 1.29 is 5.11 Å². The van der Waals surface area contributed by atoms with Gasteiger partial charge in [0.05, 0.1) is 11.4 Å². The van der Waals surface area contributed by atoms with Gasteiger partial charge in [0, 0.05) is 6.20 Å². The number of aromatic hydroxyl groups is 1. The fraction of sp³-hybridized carbons (Fsp3) is 0.278. The third kappa shape index (κ3) is 2.95. The number of fused-ring (bicyclic) bond motifs is 1. The van der Waals surface area contributed by atoms with Crippen molar-refractivity contribution in [1.82, 2.24) is 9.38 Å². The molecule has 5 heteroatoms. The van der Waals surface area contributed by atoms with Gasteiger partial charge in [0.1, 0.15) is 0 Å². The van der Waals surface area contributed by atoms with Gasteiger partial charge in [-0.25, -0.2) is 4.98 Å². The fourth-order valence-electron chi connectivity index (χ4n) is 2.66. The first kappa shape index (κ1) is 15.2. The molecule has 0 saturated heterocycles. The molecule has 2 heterocycles. The van der Waals surface area contributed by atoms with Gasteiger partial charge in [-0.05, 0) is 55.2 Å². The van der Waals surface area contributed by atoms with E-state index in [4.69, 9.17) is 0 Å². The van der Waals surface area contributed by atoms with Crippen LogP contribution in [0, 0.1) is 13.8 Å². The van der Waals surface area contributed by atoms with E-state index in [9.17, 15) is 5.11 Å². The highest BCUT2D eigenvalue weighted by molar-refractivity contribution is 5.60. The van der Waals surface area contributed by atoms with Crippen molar-refractivity contribution >= 4 is 17.2 Å². The Morgan fingerprint density at radius 3 is 2.43 bits per heavy atom. The van der Waals surface area contributed by atoms with Crippen LogP contribution in [0.15, 0.2) is 46.8 Å². The molecule has 0 spiro atoms. The monoisotopic (exact) mass is 308 g/mol. The van der Waals surface area contributed by atoms with Gasteiger partial charge >= 0.3 is 0 Å². The predicted molar refractivity (Wildman–Crippen MR) is 91.0 cm³/mol. The maximum absolute atomic E-state index is 9.99. The van der Waals surface area contributed by atoms with Crippen LogP contribution < -0.4 is 0 Å². The van der Waals surface area contributed by atoms with Crippen LogP contribution in [0.3, 0.4) is 0 Å². The molecular weight excluding hydrogens is 288 g/mol. The van der Waals surface area contributed by atoms with Crippen molar-refractivity contribution in [2.45, 2.75) is 33.6 Å². The standard InChI is InChI=1S/C18H20N4O/c1-11(2)16-18(22-7-5-6-15(23)17(22)19-16)21-20-14-9-12(3)8-13(4)10-14/h5-11,23H,1-4H3. The summed E-state index contributed by atoms with van der Waals surface area (Å²) in [6.45, 7) is 8.18. The van der Waals surface area contributed by atoms with E-state index in [1.165, 1.54) is 0 Å². The maximum Gasteiger partial charge on any atom is 0.183 e. The average molecular weight is 308 g/mol. The number of hydrogen-bond donors (Lipinski definition) is 1. The lowest BCUT2D eigenvalue weighted by Crippen LogP contribution is -1.87. The smallest absolute Gasteiger partial charge is 0.183 e. The van der Waals surface area contributed by atoms with E-state index in [1.807, 2.05) is 32.2 Å². The molecule has 0 aliphatic carbocycles. The Morgan fingerprint density at radius 1 is 1.09 bits per heavy atom. The number of azo groups is 1. The van der Waals surface area contributed by atoms with Crippen LogP contribution in [0.5, 0.6) is 5.75 Å². The van der Waals surface area contributed by atoms with Gasteiger partial charge in [-0.2, -0.15) is 0 Å².